The number of hydrogen-bond acceptors (Lipinski definition) is 5. The maximum atomic E-state index is 12.5. The molecule has 176 valence electrons. The van der Waals surface area contributed by atoms with Crippen LogP contribution in [0, 0.1) is 0 Å². The molecule has 0 aromatic heterocycles. The number of fused-ring (bicyclic) bond motifs is 1. The van der Waals surface area contributed by atoms with Gasteiger partial charge in [0.2, 0.25) is 0 Å². The Morgan fingerprint density at radius 2 is 1.66 bits per heavy atom. The van der Waals surface area contributed by atoms with Crippen LogP contribution in [-0.4, -0.2) is 42.0 Å². The van der Waals surface area contributed by atoms with Crippen LogP contribution in [0.5, 0.6) is 5.75 Å². The van der Waals surface area contributed by atoms with Crippen molar-refractivity contribution >= 4 is 63.6 Å². The van der Waals surface area contributed by atoms with E-state index in [0.717, 1.165) is 18.6 Å². The first kappa shape index (κ1) is 25.3. The molecule has 2 atom stereocenters. The molecule has 2 amide bonds. The summed E-state index contributed by atoms with van der Waals surface area (Å²) in [7, 11) is -0.311. The highest BCUT2D eigenvalue weighted by molar-refractivity contribution is 8.27. The third-order valence-corrected chi connectivity index (χ3v) is 12.8. The van der Waals surface area contributed by atoms with Crippen LogP contribution in [0.2, 0.25) is 0 Å². The van der Waals surface area contributed by atoms with Gasteiger partial charge in [-0.1, -0.05) is 0 Å². The maximum Gasteiger partial charge on any atom is 0.573 e. The smallest absolute Gasteiger partial charge is 0.406 e. The van der Waals surface area contributed by atoms with Crippen LogP contribution < -0.4 is 15.4 Å². The number of carbonyl (C=O) groups excluding carboxylic acids is 1. The van der Waals surface area contributed by atoms with Crippen molar-refractivity contribution in [1.29, 1.82) is 0 Å². The van der Waals surface area contributed by atoms with Gasteiger partial charge in [-0.05, 0) is 84.4 Å². The van der Waals surface area contributed by atoms with Gasteiger partial charge in [0, 0.05) is 16.0 Å². The molecule has 1 aliphatic rings. The Hall–Kier alpha value is -1.30. The summed E-state index contributed by atoms with van der Waals surface area (Å²) >= 11 is 5.59. The number of thiol groups is 1. The highest BCUT2D eigenvalue weighted by Crippen LogP contribution is 2.62. The minimum Gasteiger partial charge on any atom is -0.406 e. The number of amides is 2. The molecular weight excluding hydrogens is 498 g/mol. The minimum absolute atomic E-state index is 0.0691. The molecule has 4 nitrogen and oxygen atoms in total. The number of hydrogen-bond donors (Lipinski definition) is 3. The van der Waals surface area contributed by atoms with Gasteiger partial charge in [0.1, 0.15) is 5.75 Å². The zero-order chi connectivity index (χ0) is 23.5. The number of thioether (sulfide) groups is 3. The second-order valence-corrected chi connectivity index (χ2v) is 13.2. The van der Waals surface area contributed by atoms with E-state index in [0.29, 0.717) is 16.0 Å². The van der Waals surface area contributed by atoms with Crippen molar-refractivity contribution in [2.45, 2.75) is 26.3 Å². The summed E-state index contributed by atoms with van der Waals surface area (Å²) in [5.41, 5.74) is 2.29. The van der Waals surface area contributed by atoms with Crippen LogP contribution in [0.25, 0.3) is 0 Å². The normalized spacial score (nSPS) is 20.8. The van der Waals surface area contributed by atoms with Gasteiger partial charge in [-0.25, -0.2) is 15.7 Å². The number of urea groups is 1. The summed E-state index contributed by atoms with van der Waals surface area (Å²) in [6, 6.07) is 10.6. The fourth-order valence-electron chi connectivity index (χ4n) is 3.60. The zero-order valence-electron chi connectivity index (χ0n) is 17.9. The van der Waals surface area contributed by atoms with Crippen LogP contribution >= 0.6 is 46.2 Å². The van der Waals surface area contributed by atoms with Crippen LogP contribution in [0.1, 0.15) is 12.0 Å². The van der Waals surface area contributed by atoms with Crippen molar-refractivity contribution in [3.05, 3.63) is 48.0 Å². The Labute approximate surface area is 201 Å². The molecule has 32 heavy (non-hydrogen) atoms. The van der Waals surface area contributed by atoms with Gasteiger partial charge in [0.05, 0.1) is 4.08 Å². The monoisotopic (exact) mass is 522 g/mol. The summed E-state index contributed by atoms with van der Waals surface area (Å²) in [5, 5.41) is 5.48. The zero-order valence-corrected chi connectivity index (χ0v) is 21.3. The SMILES string of the molecule is CSC1CC(SC)(SC)c2cc(NC(=O)Nc3ccc(OC(F)(F)F)cc3)ccc2[SH]1C. The van der Waals surface area contributed by atoms with Crippen LogP contribution in [0.4, 0.5) is 29.3 Å². The molecule has 0 saturated heterocycles. The second-order valence-electron chi connectivity index (χ2n) is 7.05. The van der Waals surface area contributed by atoms with E-state index in [4.69, 9.17) is 0 Å². The lowest BCUT2D eigenvalue weighted by Gasteiger charge is -2.45. The first-order chi connectivity index (χ1) is 15.1. The van der Waals surface area contributed by atoms with Crippen LogP contribution in [-0.2, 0) is 4.08 Å². The molecule has 11 heteroatoms. The summed E-state index contributed by atoms with van der Waals surface area (Å²) in [5.74, 6) is -0.344. The Bertz CT molecular complexity index is 953. The highest BCUT2D eigenvalue weighted by atomic mass is 32.2. The molecule has 0 saturated carbocycles. The van der Waals surface area contributed by atoms with Crippen LogP contribution in [0.15, 0.2) is 47.4 Å². The Kier molecular flexibility index (Phi) is 8.16. The van der Waals surface area contributed by atoms with Crippen LogP contribution in [0.3, 0.4) is 0 Å². The average Bonchev–Trinajstić information content (AvgIpc) is 2.75. The van der Waals surface area contributed by atoms with Gasteiger partial charge in [-0.2, -0.15) is 11.8 Å². The lowest BCUT2D eigenvalue weighted by Crippen LogP contribution is -2.29. The summed E-state index contributed by atoms with van der Waals surface area (Å²) in [6.07, 6.45) is 5.04. The second kappa shape index (κ2) is 10.3. The van der Waals surface area contributed by atoms with Gasteiger partial charge in [-0.3, -0.25) is 0 Å². The molecule has 1 heterocycles. The number of alkyl halides is 3. The number of carbonyl (C=O) groups is 1. The van der Waals surface area contributed by atoms with Gasteiger partial charge < -0.3 is 15.4 Å². The lowest BCUT2D eigenvalue weighted by atomic mass is 10.1. The molecule has 0 fully saturated rings. The molecule has 3 rings (SSSR count). The number of anilines is 2. The number of halogens is 3. The van der Waals surface area contributed by atoms with Crippen molar-refractivity contribution in [3.8, 4) is 5.75 Å². The molecule has 2 aromatic carbocycles. The Morgan fingerprint density at radius 3 is 2.22 bits per heavy atom. The number of rotatable bonds is 6. The van der Waals surface area contributed by atoms with Crippen molar-refractivity contribution in [2.75, 3.05) is 35.7 Å². The van der Waals surface area contributed by atoms with E-state index in [-0.39, 0.29) is 20.7 Å². The molecule has 2 N–H and O–H groups in total. The largest absolute Gasteiger partial charge is 0.573 e. The molecule has 0 spiro atoms. The molecule has 0 radical (unpaired) electrons. The van der Waals surface area contributed by atoms with Gasteiger partial charge in [-0.15, -0.1) is 36.7 Å². The summed E-state index contributed by atoms with van der Waals surface area (Å²) in [6.45, 7) is 0. The molecule has 0 aliphatic carbocycles. The molecule has 1 aliphatic heterocycles. The maximum absolute atomic E-state index is 12.5. The molecular formula is C21H25F3N2O2S4. The van der Waals surface area contributed by atoms with E-state index in [9.17, 15) is 18.0 Å². The van der Waals surface area contributed by atoms with Crippen molar-refractivity contribution in [1.82, 2.24) is 0 Å². The summed E-state index contributed by atoms with van der Waals surface area (Å²) < 4.78 is 41.2. The van der Waals surface area contributed by atoms with E-state index in [2.05, 4.69) is 52.5 Å². The van der Waals surface area contributed by atoms with E-state index in [1.165, 1.54) is 22.6 Å². The first-order valence-corrected chi connectivity index (χ1v) is 15.1. The van der Waals surface area contributed by atoms with Gasteiger partial charge in [0.15, 0.2) is 0 Å². The third-order valence-electron chi connectivity index (χ3n) is 5.20. The van der Waals surface area contributed by atoms with Crippen molar-refractivity contribution in [3.63, 3.8) is 0 Å². The standard InChI is InChI=1S/C21H25F3N2O2S4/c1-29-18-12-20(30-2,31-3)16-11-14(7-10-17(16)32(18)4)26-19(27)25-13-5-8-15(9-6-13)28-21(22,23)24/h5-11,18,32H,12H2,1-4H3,(H2,25,26,27). The lowest BCUT2D eigenvalue weighted by molar-refractivity contribution is -0.274. The predicted octanol–water partition coefficient (Wildman–Crippen LogP) is 7.19. The topological polar surface area (TPSA) is 50.4 Å². The van der Waals surface area contributed by atoms with Gasteiger partial charge in [0.25, 0.3) is 0 Å². The van der Waals surface area contributed by atoms with E-state index in [1.54, 1.807) is 0 Å². The molecule has 2 aromatic rings. The van der Waals surface area contributed by atoms with Gasteiger partial charge >= 0.3 is 12.4 Å². The summed E-state index contributed by atoms with van der Waals surface area (Å²) in [4.78, 5) is 13.8. The van der Waals surface area contributed by atoms with Crippen molar-refractivity contribution < 1.29 is 22.7 Å². The quantitative estimate of drug-likeness (QED) is 0.277. The first-order valence-electron chi connectivity index (χ1n) is 9.55. The average molecular weight is 523 g/mol. The van der Waals surface area contributed by atoms with E-state index in [1.807, 2.05) is 41.4 Å². The fraction of sp³-hybridized carbons (Fsp3) is 0.381. The molecule has 2 unspecified atom stereocenters. The minimum atomic E-state index is -4.75. The highest BCUT2D eigenvalue weighted by Gasteiger charge is 2.41. The Morgan fingerprint density at radius 1 is 1.06 bits per heavy atom. The van der Waals surface area contributed by atoms with E-state index >= 15 is 0 Å². The van der Waals surface area contributed by atoms with E-state index < -0.39 is 12.4 Å². The fourth-order valence-corrected chi connectivity index (χ4v) is 10.1. The van der Waals surface area contributed by atoms with Crippen molar-refractivity contribution in [2.24, 2.45) is 0 Å². The number of benzene rings is 2. The predicted molar refractivity (Wildman–Crippen MR) is 136 cm³/mol. The molecule has 0 bridgehead atoms. The Balaban J connectivity index is 1.75. The number of ether oxygens (including phenoxy) is 1. The third kappa shape index (κ3) is 5.78. The number of nitrogens with one attached hydrogen (secondary N) is 2.